The average molecular weight is 497 g/mol. The number of aromatic amines is 1. The summed E-state index contributed by atoms with van der Waals surface area (Å²) in [6.07, 6.45) is 1.46. The van der Waals surface area contributed by atoms with Crippen molar-refractivity contribution in [2.24, 2.45) is 5.10 Å². The number of amides is 1. The number of carbonyl (C=O) groups is 1. The van der Waals surface area contributed by atoms with Crippen molar-refractivity contribution in [2.75, 3.05) is 12.9 Å². The molecule has 3 aromatic carbocycles. The number of hydrazone groups is 1. The van der Waals surface area contributed by atoms with Gasteiger partial charge in [-0.1, -0.05) is 77.2 Å². The van der Waals surface area contributed by atoms with Crippen molar-refractivity contribution in [3.05, 3.63) is 71.8 Å². The third-order valence-corrected chi connectivity index (χ3v) is 7.88. The summed E-state index contributed by atoms with van der Waals surface area (Å²) in [4.78, 5) is 12.1. The molecule has 1 amide bonds. The second-order valence-electron chi connectivity index (χ2n) is 6.80. The maximum Gasteiger partial charge on any atom is 0.323 e. The molecule has 0 spiro atoms. The molecular formula is C23H20N4O3S3. The molecule has 4 aromatic rings. The molecule has 1 heterocycles. The SMILES string of the molecule is COc1cc(C=NNC(=O)CSc2n[nH+]c(SCc3cccc4ccccc34)s2)ccc1[O-]. The lowest BCUT2D eigenvalue weighted by Crippen LogP contribution is -2.19. The van der Waals surface area contributed by atoms with Crippen LogP contribution in [0.25, 0.3) is 10.8 Å². The zero-order valence-electron chi connectivity index (χ0n) is 17.6. The lowest BCUT2D eigenvalue weighted by atomic mass is 10.1. The minimum atomic E-state index is -0.246. The number of benzene rings is 3. The molecular weight excluding hydrogens is 476 g/mol. The van der Waals surface area contributed by atoms with Gasteiger partial charge in [0.2, 0.25) is 4.34 Å². The van der Waals surface area contributed by atoms with E-state index in [0.29, 0.717) is 5.56 Å². The fourth-order valence-electron chi connectivity index (χ4n) is 3.00. The van der Waals surface area contributed by atoms with Crippen molar-refractivity contribution in [2.45, 2.75) is 14.4 Å². The molecule has 0 aliphatic rings. The molecule has 0 aliphatic heterocycles. The molecule has 0 atom stereocenters. The van der Waals surface area contributed by atoms with Gasteiger partial charge in [0.15, 0.2) is 0 Å². The van der Waals surface area contributed by atoms with E-state index in [1.54, 1.807) is 23.9 Å². The number of methoxy groups -OCH3 is 1. The van der Waals surface area contributed by atoms with E-state index in [1.165, 1.54) is 58.8 Å². The molecule has 0 unspecified atom stereocenters. The number of ether oxygens (including phenoxy) is 1. The summed E-state index contributed by atoms with van der Waals surface area (Å²) in [6, 6.07) is 19.3. The first-order valence-corrected chi connectivity index (χ1v) is 12.7. The summed E-state index contributed by atoms with van der Waals surface area (Å²) in [7, 11) is 1.43. The summed E-state index contributed by atoms with van der Waals surface area (Å²) < 4.78 is 6.76. The number of carbonyl (C=O) groups excluding carboxylic acids is 1. The summed E-state index contributed by atoms with van der Waals surface area (Å²) in [5.74, 6) is 0.802. The molecule has 7 nitrogen and oxygen atoms in total. The number of thioether (sulfide) groups is 2. The Labute approximate surface area is 203 Å². The third kappa shape index (κ3) is 6.25. The normalized spacial score (nSPS) is 11.2. The van der Waals surface area contributed by atoms with E-state index in [0.717, 1.165) is 14.4 Å². The maximum absolute atomic E-state index is 12.1. The second-order valence-corrected chi connectivity index (χ2v) is 10.3. The molecule has 33 heavy (non-hydrogen) atoms. The molecule has 168 valence electrons. The van der Waals surface area contributed by atoms with Crippen molar-refractivity contribution < 1.29 is 19.7 Å². The second kappa shape index (κ2) is 11.2. The van der Waals surface area contributed by atoms with Gasteiger partial charge in [0.1, 0.15) is 5.75 Å². The van der Waals surface area contributed by atoms with Crippen LogP contribution in [-0.4, -0.2) is 30.1 Å². The van der Waals surface area contributed by atoms with Gasteiger partial charge < -0.3 is 9.84 Å². The standard InChI is InChI=1S/C23H20N4O3S3/c1-30-20-11-15(9-10-19(20)28)12-24-25-21(29)14-32-23-27-26-22(33-23)31-13-17-7-4-6-16-5-2-3-8-18(16)17/h2-12,28H,13-14H2,1H3,(H,25,29). The fraction of sp³-hybridized carbons (Fsp3) is 0.130. The first-order chi connectivity index (χ1) is 16.1. The van der Waals surface area contributed by atoms with Crippen LogP contribution in [0.5, 0.6) is 11.5 Å². The first-order valence-electron chi connectivity index (χ1n) is 9.90. The smallest absolute Gasteiger partial charge is 0.323 e. The average Bonchev–Trinajstić information content (AvgIpc) is 3.30. The highest BCUT2D eigenvalue weighted by Gasteiger charge is 2.14. The quantitative estimate of drug-likeness (QED) is 0.215. The predicted octanol–water partition coefficient (Wildman–Crippen LogP) is 3.73. The largest absolute Gasteiger partial charge is 0.870 e. The monoisotopic (exact) mass is 496 g/mol. The molecule has 0 bridgehead atoms. The number of rotatable bonds is 9. The van der Waals surface area contributed by atoms with Gasteiger partial charge in [0.05, 0.1) is 19.1 Å². The Morgan fingerprint density at radius 1 is 1.21 bits per heavy atom. The number of hydrogen-bond donors (Lipinski definition) is 1. The van der Waals surface area contributed by atoms with Gasteiger partial charge in [-0.3, -0.25) is 4.79 Å². The van der Waals surface area contributed by atoms with Crippen LogP contribution in [0, 0.1) is 0 Å². The van der Waals surface area contributed by atoms with Crippen LogP contribution in [0.4, 0.5) is 0 Å². The van der Waals surface area contributed by atoms with E-state index in [1.807, 2.05) is 6.07 Å². The Bertz CT molecular complexity index is 1290. The topological polar surface area (TPSA) is 101 Å². The summed E-state index contributed by atoms with van der Waals surface area (Å²) in [5, 5.41) is 25.3. The molecule has 2 N–H and O–H groups in total. The molecule has 0 saturated carbocycles. The first kappa shape index (κ1) is 23.1. The highest BCUT2D eigenvalue weighted by molar-refractivity contribution is 8.03. The fourth-order valence-corrected chi connectivity index (χ4v) is 5.89. The summed E-state index contributed by atoms with van der Waals surface area (Å²) in [5.41, 5.74) is 4.40. The molecule has 1 aromatic heterocycles. The highest BCUT2D eigenvalue weighted by Crippen LogP contribution is 2.30. The van der Waals surface area contributed by atoms with Gasteiger partial charge in [-0.2, -0.15) is 5.10 Å². The highest BCUT2D eigenvalue weighted by atomic mass is 32.2. The Kier molecular flexibility index (Phi) is 7.82. The van der Waals surface area contributed by atoms with Gasteiger partial charge >= 0.3 is 4.34 Å². The number of aromatic nitrogens is 2. The van der Waals surface area contributed by atoms with E-state index in [-0.39, 0.29) is 23.2 Å². The Morgan fingerprint density at radius 2 is 2.06 bits per heavy atom. The van der Waals surface area contributed by atoms with Crippen LogP contribution in [0.2, 0.25) is 0 Å². The lowest BCUT2D eigenvalue weighted by Gasteiger charge is -2.11. The zero-order valence-corrected chi connectivity index (χ0v) is 20.1. The van der Waals surface area contributed by atoms with Gasteiger partial charge in [-0.15, -0.1) is 0 Å². The number of fused-ring (bicyclic) bond motifs is 1. The van der Waals surface area contributed by atoms with Crippen molar-refractivity contribution in [3.63, 3.8) is 0 Å². The van der Waals surface area contributed by atoms with E-state index in [2.05, 4.69) is 57.1 Å². The molecule has 0 aliphatic carbocycles. The van der Waals surface area contributed by atoms with E-state index < -0.39 is 0 Å². The minimum absolute atomic E-state index is 0.189. The number of nitrogens with zero attached hydrogens (tertiary/aromatic N) is 2. The summed E-state index contributed by atoms with van der Waals surface area (Å²) >= 11 is 4.56. The van der Waals surface area contributed by atoms with E-state index in [4.69, 9.17) is 4.74 Å². The number of H-pyrrole nitrogens is 1. The van der Waals surface area contributed by atoms with Crippen molar-refractivity contribution in [3.8, 4) is 11.5 Å². The maximum atomic E-state index is 12.1. The Balaban J connectivity index is 1.25. The van der Waals surface area contributed by atoms with E-state index in [9.17, 15) is 9.90 Å². The molecule has 0 fully saturated rings. The van der Waals surface area contributed by atoms with Crippen LogP contribution in [0.1, 0.15) is 11.1 Å². The van der Waals surface area contributed by atoms with Crippen LogP contribution in [0.15, 0.2) is 74.4 Å². The van der Waals surface area contributed by atoms with Gasteiger partial charge in [0.25, 0.3) is 5.91 Å². The molecule has 0 saturated heterocycles. The Hall–Kier alpha value is -3.08. The zero-order chi connectivity index (χ0) is 23.0. The number of hydrogen-bond acceptors (Lipinski definition) is 8. The molecule has 10 heteroatoms. The van der Waals surface area contributed by atoms with E-state index >= 15 is 0 Å². The molecule has 0 radical (unpaired) electrons. The summed E-state index contributed by atoms with van der Waals surface area (Å²) in [6.45, 7) is 0. The third-order valence-electron chi connectivity index (χ3n) is 4.57. The van der Waals surface area contributed by atoms with Gasteiger partial charge in [-0.05, 0) is 51.1 Å². The molecule has 4 rings (SSSR count). The van der Waals surface area contributed by atoms with Gasteiger partial charge in [0, 0.05) is 10.9 Å². The van der Waals surface area contributed by atoms with Crippen LogP contribution < -0.4 is 20.4 Å². The van der Waals surface area contributed by atoms with Crippen molar-refractivity contribution in [1.82, 2.24) is 10.5 Å². The lowest BCUT2D eigenvalue weighted by molar-refractivity contribution is -0.492. The van der Waals surface area contributed by atoms with Crippen LogP contribution in [-0.2, 0) is 10.5 Å². The Morgan fingerprint density at radius 3 is 2.94 bits per heavy atom. The van der Waals surface area contributed by atoms with Crippen LogP contribution >= 0.6 is 34.9 Å². The minimum Gasteiger partial charge on any atom is -0.870 e. The van der Waals surface area contributed by atoms with Crippen molar-refractivity contribution >= 4 is 57.8 Å². The predicted molar refractivity (Wildman–Crippen MR) is 131 cm³/mol. The van der Waals surface area contributed by atoms with Crippen molar-refractivity contribution in [1.29, 1.82) is 0 Å². The van der Waals surface area contributed by atoms with Gasteiger partial charge in [-0.25, -0.2) is 5.43 Å². The van der Waals surface area contributed by atoms with Crippen LogP contribution in [0.3, 0.4) is 0 Å². The number of nitrogens with one attached hydrogen (secondary N) is 2.